The summed E-state index contributed by atoms with van der Waals surface area (Å²) in [6.07, 6.45) is 0. The quantitative estimate of drug-likeness (QED) is 0.645. The van der Waals surface area contributed by atoms with Crippen molar-refractivity contribution < 1.29 is 9.53 Å². The molecule has 1 saturated carbocycles. The lowest BCUT2D eigenvalue weighted by molar-refractivity contribution is -0.143. The average molecular weight is 206 g/mol. The van der Waals surface area contributed by atoms with Gasteiger partial charge in [0.2, 0.25) is 0 Å². The zero-order valence-corrected chi connectivity index (χ0v) is 8.98. The molecular weight excluding hydrogens is 190 g/mol. The Morgan fingerprint density at radius 3 is 2.54 bits per heavy atom. The molecule has 3 nitrogen and oxygen atoms in total. The molecule has 1 saturated heterocycles. The predicted molar refractivity (Wildman–Crippen MR) is 51.8 cm³/mol. The summed E-state index contributed by atoms with van der Waals surface area (Å²) in [5.41, 5.74) is 0.351. The number of carbonyl (C=O) groups is 1. The Morgan fingerprint density at radius 1 is 1.54 bits per heavy atom. The van der Waals surface area contributed by atoms with Gasteiger partial charge in [0.15, 0.2) is 0 Å². The first-order valence-electron chi connectivity index (χ1n) is 4.40. The van der Waals surface area contributed by atoms with Crippen molar-refractivity contribution in [1.82, 2.24) is 5.32 Å². The van der Waals surface area contributed by atoms with Crippen LogP contribution in [0.4, 0.5) is 0 Å². The largest absolute Gasteiger partial charge is 0.468 e. The highest BCUT2D eigenvalue weighted by Crippen LogP contribution is 2.62. The standard InChI is InChI=1S/C9H15NO2.ClH/c1-9(2)5-4-10-7(6(5)9)8(11)12-3;/h5-7,10H,4H2,1-3H3;1H/t5-,6-,7-;/m0./s1. The van der Waals surface area contributed by atoms with Gasteiger partial charge in [-0.3, -0.25) is 4.79 Å². The smallest absolute Gasteiger partial charge is 0.323 e. The van der Waals surface area contributed by atoms with Crippen molar-refractivity contribution in [3.05, 3.63) is 0 Å². The van der Waals surface area contributed by atoms with Gasteiger partial charge in [0.05, 0.1) is 7.11 Å². The molecule has 0 aromatic rings. The molecule has 1 aliphatic carbocycles. The van der Waals surface area contributed by atoms with E-state index >= 15 is 0 Å². The lowest BCUT2D eigenvalue weighted by Gasteiger charge is -2.16. The van der Waals surface area contributed by atoms with Gasteiger partial charge in [0.1, 0.15) is 6.04 Å². The first kappa shape index (κ1) is 10.8. The summed E-state index contributed by atoms with van der Waals surface area (Å²) in [6.45, 7) is 5.41. The minimum Gasteiger partial charge on any atom is -0.468 e. The molecule has 0 amide bonds. The van der Waals surface area contributed by atoms with Gasteiger partial charge in [-0.1, -0.05) is 13.8 Å². The monoisotopic (exact) mass is 205 g/mol. The highest BCUT2D eigenvalue weighted by atomic mass is 35.5. The predicted octanol–water partition coefficient (Wildman–Crippen LogP) is 0.825. The summed E-state index contributed by atoms with van der Waals surface area (Å²) in [7, 11) is 1.45. The van der Waals surface area contributed by atoms with Crippen LogP contribution in [0.1, 0.15) is 13.8 Å². The number of hydrogen-bond acceptors (Lipinski definition) is 3. The van der Waals surface area contributed by atoms with E-state index in [1.54, 1.807) is 0 Å². The van der Waals surface area contributed by atoms with E-state index in [-0.39, 0.29) is 24.4 Å². The third-order valence-corrected chi connectivity index (χ3v) is 3.51. The lowest BCUT2D eigenvalue weighted by atomic mass is 10.0. The van der Waals surface area contributed by atoms with Crippen molar-refractivity contribution in [1.29, 1.82) is 0 Å². The molecule has 13 heavy (non-hydrogen) atoms. The van der Waals surface area contributed by atoms with Gasteiger partial charge in [-0.25, -0.2) is 0 Å². The number of rotatable bonds is 1. The van der Waals surface area contributed by atoms with Crippen LogP contribution in [-0.2, 0) is 9.53 Å². The Bertz CT molecular complexity index is 230. The fourth-order valence-corrected chi connectivity index (χ4v) is 2.58. The summed E-state index contributed by atoms with van der Waals surface area (Å²) in [5, 5.41) is 3.19. The molecule has 1 N–H and O–H groups in total. The maximum atomic E-state index is 11.3. The zero-order chi connectivity index (χ0) is 8.93. The van der Waals surface area contributed by atoms with Gasteiger partial charge in [-0.15, -0.1) is 12.4 Å². The van der Waals surface area contributed by atoms with E-state index in [0.717, 1.165) is 6.54 Å². The Hall–Kier alpha value is -0.280. The van der Waals surface area contributed by atoms with Gasteiger partial charge in [0.25, 0.3) is 0 Å². The normalized spacial score (nSPS) is 38.8. The number of nitrogens with one attached hydrogen (secondary N) is 1. The number of halogens is 1. The number of esters is 1. The Balaban J connectivity index is 0.000000845. The van der Waals surface area contributed by atoms with Crippen molar-refractivity contribution in [3.8, 4) is 0 Å². The minimum atomic E-state index is -0.104. The fourth-order valence-electron chi connectivity index (χ4n) is 2.58. The molecule has 0 unspecified atom stereocenters. The van der Waals surface area contributed by atoms with Crippen molar-refractivity contribution in [2.75, 3.05) is 13.7 Å². The molecular formula is C9H16ClNO2. The van der Waals surface area contributed by atoms with Crippen molar-refractivity contribution in [3.63, 3.8) is 0 Å². The summed E-state index contributed by atoms with van der Waals surface area (Å²) in [5.74, 6) is 1.08. The summed E-state index contributed by atoms with van der Waals surface area (Å²) >= 11 is 0. The second-order valence-electron chi connectivity index (χ2n) is 4.36. The summed E-state index contributed by atoms with van der Waals surface area (Å²) < 4.78 is 4.72. The van der Waals surface area contributed by atoms with E-state index in [1.165, 1.54) is 7.11 Å². The highest BCUT2D eigenvalue weighted by Gasteiger charge is 2.66. The zero-order valence-electron chi connectivity index (χ0n) is 8.16. The van der Waals surface area contributed by atoms with Crippen LogP contribution in [-0.4, -0.2) is 25.7 Å². The third kappa shape index (κ3) is 1.34. The highest BCUT2D eigenvalue weighted by molar-refractivity contribution is 5.85. The Morgan fingerprint density at radius 2 is 2.15 bits per heavy atom. The molecule has 2 aliphatic rings. The number of fused-ring (bicyclic) bond motifs is 1. The van der Waals surface area contributed by atoms with Gasteiger partial charge >= 0.3 is 5.97 Å². The van der Waals surface area contributed by atoms with Crippen LogP contribution in [0.15, 0.2) is 0 Å². The molecule has 0 bridgehead atoms. The van der Waals surface area contributed by atoms with Crippen LogP contribution in [0.5, 0.6) is 0 Å². The number of methoxy groups -OCH3 is 1. The molecule has 3 atom stereocenters. The Labute approximate surface area is 84.6 Å². The summed E-state index contributed by atoms with van der Waals surface area (Å²) in [4.78, 5) is 11.3. The molecule has 0 aromatic carbocycles. The van der Waals surface area contributed by atoms with E-state index in [1.807, 2.05) is 0 Å². The first-order valence-corrected chi connectivity index (χ1v) is 4.40. The minimum absolute atomic E-state index is 0. The van der Waals surface area contributed by atoms with E-state index in [9.17, 15) is 4.79 Å². The van der Waals surface area contributed by atoms with Crippen LogP contribution < -0.4 is 5.32 Å². The van der Waals surface area contributed by atoms with E-state index in [4.69, 9.17) is 4.74 Å². The lowest BCUT2D eigenvalue weighted by Crippen LogP contribution is -2.38. The summed E-state index contributed by atoms with van der Waals surface area (Å²) in [6, 6.07) is -0.0463. The SMILES string of the molecule is COC(=O)[C@H]1NC[C@H]2[C@@H]1C2(C)C.Cl. The average Bonchev–Trinajstić information content (AvgIpc) is 2.52. The van der Waals surface area contributed by atoms with E-state index < -0.39 is 0 Å². The van der Waals surface area contributed by atoms with Crippen LogP contribution in [0.25, 0.3) is 0 Å². The third-order valence-electron chi connectivity index (χ3n) is 3.51. The first-order chi connectivity index (χ1) is 5.59. The molecule has 1 heterocycles. The van der Waals surface area contributed by atoms with E-state index in [2.05, 4.69) is 19.2 Å². The number of hydrogen-bond donors (Lipinski definition) is 1. The molecule has 0 radical (unpaired) electrons. The Kier molecular flexibility index (Phi) is 2.61. The number of ether oxygens (including phenoxy) is 1. The molecule has 2 rings (SSSR count). The van der Waals surface area contributed by atoms with Gasteiger partial charge in [-0.05, 0) is 23.8 Å². The van der Waals surface area contributed by atoms with Crippen molar-refractivity contribution in [2.24, 2.45) is 17.3 Å². The van der Waals surface area contributed by atoms with Crippen LogP contribution >= 0.6 is 12.4 Å². The van der Waals surface area contributed by atoms with Gasteiger partial charge < -0.3 is 10.1 Å². The molecule has 4 heteroatoms. The molecule has 0 spiro atoms. The molecule has 76 valence electrons. The van der Waals surface area contributed by atoms with Crippen molar-refractivity contribution >= 4 is 18.4 Å². The number of piperidine rings is 1. The molecule has 0 aromatic heterocycles. The van der Waals surface area contributed by atoms with Crippen LogP contribution in [0, 0.1) is 17.3 Å². The van der Waals surface area contributed by atoms with Crippen LogP contribution in [0.3, 0.4) is 0 Å². The maximum absolute atomic E-state index is 11.3. The molecule has 2 fully saturated rings. The maximum Gasteiger partial charge on any atom is 0.323 e. The van der Waals surface area contributed by atoms with Gasteiger partial charge in [-0.2, -0.15) is 0 Å². The van der Waals surface area contributed by atoms with Gasteiger partial charge in [0, 0.05) is 0 Å². The number of carbonyl (C=O) groups excluding carboxylic acids is 1. The fraction of sp³-hybridized carbons (Fsp3) is 0.889. The van der Waals surface area contributed by atoms with Crippen LogP contribution in [0.2, 0.25) is 0 Å². The molecule has 1 aliphatic heterocycles. The van der Waals surface area contributed by atoms with Crippen molar-refractivity contribution in [2.45, 2.75) is 19.9 Å². The van der Waals surface area contributed by atoms with E-state index in [0.29, 0.717) is 17.3 Å². The topological polar surface area (TPSA) is 38.3 Å². The second kappa shape index (κ2) is 3.14. The second-order valence-corrected chi connectivity index (χ2v) is 4.36.